The molecule has 2 heterocycles. The number of aromatic nitrogens is 3. The van der Waals surface area contributed by atoms with Gasteiger partial charge in [-0.25, -0.2) is 4.98 Å². The zero-order valence-electron chi connectivity index (χ0n) is 9.37. The van der Waals surface area contributed by atoms with E-state index in [2.05, 4.69) is 4.98 Å². The predicted molar refractivity (Wildman–Crippen MR) is 64.9 cm³/mol. The van der Waals surface area contributed by atoms with E-state index < -0.39 is 0 Å². The van der Waals surface area contributed by atoms with Gasteiger partial charge in [0, 0.05) is 30.3 Å². The van der Waals surface area contributed by atoms with Gasteiger partial charge in [0.05, 0.1) is 0 Å². The highest BCUT2D eigenvalue weighted by atomic mass is 16.2. The summed E-state index contributed by atoms with van der Waals surface area (Å²) in [6.07, 6.45) is 4.76. The Hall–Kier alpha value is -2.36. The Balaban J connectivity index is 2.18. The molecular weight excluding hydrogens is 214 g/mol. The van der Waals surface area contributed by atoms with Gasteiger partial charge in [0.25, 0.3) is 5.91 Å². The summed E-state index contributed by atoms with van der Waals surface area (Å²) in [5, 5.41) is 1.07. The quantitative estimate of drug-likeness (QED) is 0.636. The minimum atomic E-state index is -0.0683. The molecule has 3 rings (SSSR count). The van der Waals surface area contributed by atoms with Gasteiger partial charge in [-0.3, -0.25) is 9.36 Å². The second kappa shape index (κ2) is 3.59. The molecule has 0 aliphatic carbocycles. The van der Waals surface area contributed by atoms with Crippen LogP contribution in [0.4, 0.5) is 0 Å². The van der Waals surface area contributed by atoms with E-state index in [-0.39, 0.29) is 5.91 Å². The van der Waals surface area contributed by atoms with Crippen molar-refractivity contribution in [3.8, 4) is 0 Å². The summed E-state index contributed by atoms with van der Waals surface area (Å²) < 4.78 is 3.38. The van der Waals surface area contributed by atoms with Crippen molar-refractivity contribution in [1.82, 2.24) is 14.1 Å². The molecule has 0 fully saturated rings. The molecule has 0 atom stereocenters. The Morgan fingerprint density at radius 1 is 1.29 bits per heavy atom. The number of fused-ring (bicyclic) bond motifs is 1. The molecule has 4 heteroatoms. The van der Waals surface area contributed by atoms with Gasteiger partial charge in [0.2, 0.25) is 0 Å². The second-order valence-corrected chi connectivity index (χ2v) is 3.92. The Morgan fingerprint density at radius 2 is 2.12 bits per heavy atom. The average molecular weight is 225 g/mol. The van der Waals surface area contributed by atoms with E-state index in [1.54, 1.807) is 12.4 Å². The van der Waals surface area contributed by atoms with Crippen LogP contribution in [0.15, 0.2) is 49.1 Å². The molecule has 0 N–H and O–H groups in total. The normalized spacial score (nSPS) is 10.9. The minimum Gasteiger partial charge on any atom is -0.340 e. The number of carbonyl (C=O) groups excluding carboxylic acids is 1. The highest BCUT2D eigenvalue weighted by molar-refractivity contribution is 5.99. The number of para-hydroxylation sites is 1. The molecule has 2 aromatic heterocycles. The molecule has 0 radical (unpaired) electrons. The number of hydrogen-bond acceptors (Lipinski definition) is 2. The first-order valence-electron chi connectivity index (χ1n) is 5.34. The van der Waals surface area contributed by atoms with Gasteiger partial charge in [-0.2, -0.15) is 0 Å². The molecule has 0 aliphatic heterocycles. The molecule has 0 unspecified atom stereocenters. The number of carbonyl (C=O) groups is 1. The topological polar surface area (TPSA) is 39.8 Å². The maximum absolute atomic E-state index is 12.2. The summed E-state index contributed by atoms with van der Waals surface area (Å²) in [4.78, 5) is 16.1. The van der Waals surface area contributed by atoms with Gasteiger partial charge in [-0.15, -0.1) is 0 Å². The summed E-state index contributed by atoms with van der Waals surface area (Å²) in [7, 11) is 1.90. The molecule has 0 saturated heterocycles. The van der Waals surface area contributed by atoms with Crippen molar-refractivity contribution in [3.63, 3.8) is 0 Å². The van der Waals surface area contributed by atoms with Crippen molar-refractivity contribution in [2.75, 3.05) is 0 Å². The van der Waals surface area contributed by atoms with Crippen LogP contribution >= 0.6 is 0 Å². The molecule has 3 aromatic rings. The first kappa shape index (κ1) is 9.84. The van der Waals surface area contributed by atoms with Crippen molar-refractivity contribution in [2.24, 2.45) is 7.05 Å². The fraction of sp³-hybridized carbons (Fsp3) is 0.0769. The fourth-order valence-electron chi connectivity index (χ4n) is 2.01. The van der Waals surface area contributed by atoms with Crippen molar-refractivity contribution < 1.29 is 4.79 Å². The third-order valence-electron chi connectivity index (χ3n) is 2.91. The summed E-state index contributed by atoms with van der Waals surface area (Å²) in [6.45, 7) is 0. The molecule has 4 nitrogen and oxygen atoms in total. The van der Waals surface area contributed by atoms with Gasteiger partial charge >= 0.3 is 0 Å². The highest BCUT2D eigenvalue weighted by Crippen LogP contribution is 2.18. The van der Waals surface area contributed by atoms with Crippen molar-refractivity contribution in [3.05, 3.63) is 54.7 Å². The Kier molecular flexibility index (Phi) is 2.08. The third kappa shape index (κ3) is 1.45. The molecule has 0 spiro atoms. The number of aryl methyl sites for hydroxylation is 1. The molecule has 0 bridgehead atoms. The van der Waals surface area contributed by atoms with Crippen LogP contribution in [0.25, 0.3) is 10.9 Å². The van der Waals surface area contributed by atoms with Gasteiger partial charge in [0.1, 0.15) is 12.0 Å². The van der Waals surface area contributed by atoms with Crippen LogP contribution in [0, 0.1) is 0 Å². The monoisotopic (exact) mass is 225 g/mol. The lowest BCUT2D eigenvalue weighted by molar-refractivity contribution is 0.0952. The lowest BCUT2D eigenvalue weighted by Crippen LogP contribution is -2.13. The summed E-state index contributed by atoms with van der Waals surface area (Å²) in [6, 6.07) is 9.83. The van der Waals surface area contributed by atoms with Gasteiger partial charge in [0.15, 0.2) is 0 Å². The van der Waals surface area contributed by atoms with Crippen LogP contribution in [0.1, 0.15) is 10.5 Å². The van der Waals surface area contributed by atoms with E-state index in [0.717, 1.165) is 10.9 Å². The maximum Gasteiger partial charge on any atom is 0.279 e. The van der Waals surface area contributed by atoms with Crippen molar-refractivity contribution in [2.45, 2.75) is 0 Å². The minimum absolute atomic E-state index is 0.0683. The average Bonchev–Trinajstić information content (AvgIpc) is 2.97. The third-order valence-corrected chi connectivity index (χ3v) is 2.91. The number of benzene rings is 1. The fourth-order valence-corrected chi connectivity index (χ4v) is 2.01. The molecule has 0 saturated carbocycles. The molecule has 0 aliphatic rings. The van der Waals surface area contributed by atoms with Crippen LogP contribution in [0.2, 0.25) is 0 Å². The zero-order valence-corrected chi connectivity index (χ0v) is 9.37. The summed E-state index contributed by atoms with van der Waals surface area (Å²) >= 11 is 0. The van der Waals surface area contributed by atoms with Crippen molar-refractivity contribution in [1.29, 1.82) is 0 Å². The standard InChI is InChI=1S/C13H11N3O/c1-15-11-5-3-2-4-10(11)8-12(15)13(17)16-7-6-14-9-16/h2-9H,1H3. The molecule has 1 aromatic carbocycles. The molecule has 17 heavy (non-hydrogen) atoms. The Labute approximate surface area is 98.1 Å². The lowest BCUT2D eigenvalue weighted by Gasteiger charge is -2.03. The predicted octanol–water partition coefficient (Wildman–Crippen LogP) is 2.06. The first-order valence-corrected chi connectivity index (χ1v) is 5.34. The highest BCUT2D eigenvalue weighted by Gasteiger charge is 2.14. The van der Waals surface area contributed by atoms with Crippen LogP contribution in [0.5, 0.6) is 0 Å². The lowest BCUT2D eigenvalue weighted by atomic mass is 10.2. The first-order chi connectivity index (χ1) is 8.27. The van der Waals surface area contributed by atoms with E-state index in [9.17, 15) is 4.79 Å². The van der Waals surface area contributed by atoms with Gasteiger partial charge in [-0.1, -0.05) is 18.2 Å². The molecular formula is C13H11N3O. The zero-order chi connectivity index (χ0) is 11.8. The number of nitrogens with zero attached hydrogens (tertiary/aromatic N) is 3. The molecule has 84 valence electrons. The molecule has 0 amide bonds. The van der Waals surface area contributed by atoms with Gasteiger partial charge in [-0.05, 0) is 12.1 Å². The van der Waals surface area contributed by atoms with E-state index >= 15 is 0 Å². The van der Waals surface area contributed by atoms with Crippen LogP contribution in [-0.2, 0) is 7.05 Å². The van der Waals surface area contributed by atoms with E-state index in [4.69, 9.17) is 0 Å². The van der Waals surface area contributed by atoms with E-state index in [1.165, 1.54) is 10.9 Å². The number of rotatable bonds is 1. The van der Waals surface area contributed by atoms with Gasteiger partial charge < -0.3 is 4.57 Å². The van der Waals surface area contributed by atoms with E-state index in [1.807, 2.05) is 41.9 Å². The number of hydrogen-bond donors (Lipinski definition) is 0. The maximum atomic E-state index is 12.2. The van der Waals surface area contributed by atoms with Crippen LogP contribution in [0.3, 0.4) is 0 Å². The smallest absolute Gasteiger partial charge is 0.279 e. The summed E-state index contributed by atoms with van der Waals surface area (Å²) in [5.74, 6) is -0.0683. The SMILES string of the molecule is Cn1c(C(=O)n2ccnc2)cc2ccccc21. The number of imidazole rings is 1. The Bertz CT molecular complexity index is 680. The summed E-state index contributed by atoms with van der Waals surface area (Å²) in [5.41, 5.74) is 1.71. The van der Waals surface area contributed by atoms with Crippen molar-refractivity contribution >= 4 is 16.8 Å². The second-order valence-electron chi connectivity index (χ2n) is 3.92. The largest absolute Gasteiger partial charge is 0.340 e. The van der Waals surface area contributed by atoms with E-state index in [0.29, 0.717) is 5.69 Å². The van der Waals surface area contributed by atoms with Crippen LogP contribution in [-0.4, -0.2) is 20.0 Å². The Morgan fingerprint density at radius 3 is 2.82 bits per heavy atom. The van der Waals surface area contributed by atoms with Crippen LogP contribution < -0.4 is 0 Å².